The van der Waals surface area contributed by atoms with Crippen molar-refractivity contribution in [2.75, 3.05) is 18.0 Å². The van der Waals surface area contributed by atoms with E-state index in [-0.39, 0.29) is 18.4 Å². The molecule has 0 unspecified atom stereocenters. The zero-order valence-corrected chi connectivity index (χ0v) is 19.0. The lowest BCUT2D eigenvalue weighted by Gasteiger charge is -2.34. The lowest BCUT2D eigenvalue weighted by Crippen LogP contribution is -2.50. The minimum Gasteiger partial charge on any atom is -0.477 e. The highest BCUT2D eigenvalue weighted by atomic mass is 32.1. The van der Waals surface area contributed by atoms with E-state index in [1.807, 2.05) is 61.5 Å². The van der Waals surface area contributed by atoms with Gasteiger partial charge in [0, 0.05) is 6.54 Å². The molecule has 0 aliphatic carbocycles. The Kier molecular flexibility index (Phi) is 5.63. The molecule has 5 rings (SSSR count). The number of hydrogen-bond donors (Lipinski definition) is 1. The molecular weight excluding hydrogens is 442 g/mol. The van der Waals surface area contributed by atoms with Gasteiger partial charge in [0.25, 0.3) is 11.8 Å². The molecule has 1 N–H and O–H groups in total. The highest BCUT2D eigenvalue weighted by Crippen LogP contribution is 2.38. The Bertz CT molecular complexity index is 1260. The van der Waals surface area contributed by atoms with E-state index in [0.717, 1.165) is 26.5 Å². The van der Waals surface area contributed by atoms with Crippen molar-refractivity contribution in [3.8, 4) is 15.6 Å². The molecule has 8 heteroatoms. The molecule has 0 saturated carbocycles. The van der Waals surface area contributed by atoms with E-state index in [1.165, 1.54) is 11.3 Å². The topological polar surface area (TPSA) is 71.5 Å². The van der Waals surface area contributed by atoms with Crippen LogP contribution in [0.3, 0.4) is 0 Å². The summed E-state index contributed by atoms with van der Waals surface area (Å²) in [7, 11) is 0. The van der Waals surface area contributed by atoms with Crippen LogP contribution in [0.1, 0.15) is 23.0 Å². The van der Waals surface area contributed by atoms with Gasteiger partial charge in [-0.25, -0.2) is 4.98 Å². The summed E-state index contributed by atoms with van der Waals surface area (Å²) in [4.78, 5) is 34.0. The van der Waals surface area contributed by atoms with Gasteiger partial charge in [-0.1, -0.05) is 31.2 Å². The van der Waals surface area contributed by atoms with E-state index in [9.17, 15) is 9.59 Å². The number of para-hydroxylation sites is 3. The molecule has 1 atom stereocenters. The Morgan fingerprint density at radius 1 is 1.09 bits per heavy atom. The third-order valence-corrected chi connectivity index (χ3v) is 7.46. The number of nitrogens with zero attached hydrogens (tertiary/aromatic N) is 2. The van der Waals surface area contributed by atoms with Gasteiger partial charge in [-0.15, -0.1) is 22.7 Å². The molecule has 3 heterocycles. The number of thiazole rings is 1. The zero-order chi connectivity index (χ0) is 22.1. The minimum atomic E-state index is -0.746. The number of thiophene rings is 1. The maximum atomic E-state index is 13.5. The molecule has 32 heavy (non-hydrogen) atoms. The second-order valence-corrected chi connectivity index (χ2v) is 9.55. The summed E-state index contributed by atoms with van der Waals surface area (Å²) in [5, 5.41) is 3.76. The van der Waals surface area contributed by atoms with Crippen molar-refractivity contribution in [2.24, 2.45) is 0 Å². The van der Waals surface area contributed by atoms with Crippen LogP contribution < -0.4 is 15.0 Å². The van der Waals surface area contributed by atoms with Crippen LogP contribution in [0.4, 0.5) is 5.69 Å². The number of rotatable bonds is 5. The predicted octanol–water partition coefficient (Wildman–Crippen LogP) is 4.96. The first-order valence-electron chi connectivity index (χ1n) is 10.4. The molecular formula is C24H21N3O3S2. The summed E-state index contributed by atoms with van der Waals surface area (Å²) in [6, 6.07) is 19.1. The van der Waals surface area contributed by atoms with Gasteiger partial charge in [0.15, 0.2) is 6.10 Å². The highest BCUT2D eigenvalue weighted by Gasteiger charge is 2.34. The second kappa shape index (κ2) is 8.72. The molecule has 162 valence electrons. The molecule has 6 nitrogen and oxygen atoms in total. The van der Waals surface area contributed by atoms with Gasteiger partial charge in [-0.3, -0.25) is 14.5 Å². The normalized spacial score (nSPS) is 15.3. The number of nitrogens with one attached hydrogen (secondary N) is 1. The van der Waals surface area contributed by atoms with Gasteiger partial charge in [-0.05, 0) is 42.8 Å². The lowest BCUT2D eigenvalue weighted by atomic mass is 10.1. The van der Waals surface area contributed by atoms with E-state index >= 15 is 0 Å². The maximum absolute atomic E-state index is 13.5. The standard InChI is InChI=1S/C24H21N3O3S2/c1-2-13-25-22(28)18-14-27(16-8-4-5-9-17(16)30-18)24(29)21-12-11-20(31-21)23-26-15-7-3-6-10-19(15)32-23/h3-12,18H,2,13-14H2,1H3,(H,25,28)/t18-/m0/s1. The fraction of sp³-hybridized carbons (Fsp3) is 0.208. The number of hydrogen-bond acceptors (Lipinski definition) is 6. The predicted molar refractivity (Wildman–Crippen MR) is 129 cm³/mol. The molecule has 0 saturated heterocycles. The van der Waals surface area contributed by atoms with Crippen LogP contribution in [0.15, 0.2) is 60.7 Å². The van der Waals surface area contributed by atoms with Crippen molar-refractivity contribution >= 4 is 50.4 Å². The number of amides is 2. The molecule has 2 aromatic heterocycles. The second-order valence-electron chi connectivity index (χ2n) is 7.43. The van der Waals surface area contributed by atoms with E-state index in [1.54, 1.807) is 22.3 Å². The molecule has 4 aromatic rings. The summed E-state index contributed by atoms with van der Waals surface area (Å²) < 4.78 is 7.02. The molecule has 1 aliphatic rings. The van der Waals surface area contributed by atoms with E-state index < -0.39 is 6.10 Å². The van der Waals surface area contributed by atoms with Gasteiger partial charge in [-0.2, -0.15) is 0 Å². The van der Waals surface area contributed by atoms with E-state index in [4.69, 9.17) is 9.72 Å². The highest BCUT2D eigenvalue weighted by molar-refractivity contribution is 7.26. The summed E-state index contributed by atoms with van der Waals surface area (Å²) in [5.41, 5.74) is 1.63. The largest absolute Gasteiger partial charge is 0.477 e. The fourth-order valence-electron chi connectivity index (χ4n) is 3.60. The van der Waals surface area contributed by atoms with Crippen LogP contribution >= 0.6 is 22.7 Å². The Hall–Kier alpha value is -3.23. The third-order valence-electron chi connectivity index (χ3n) is 5.18. The number of carbonyl (C=O) groups excluding carboxylic acids is 2. The Balaban J connectivity index is 1.43. The van der Waals surface area contributed by atoms with Crippen molar-refractivity contribution < 1.29 is 14.3 Å². The van der Waals surface area contributed by atoms with Gasteiger partial charge in [0.1, 0.15) is 10.8 Å². The van der Waals surface area contributed by atoms with Crippen LogP contribution in [-0.4, -0.2) is 36.0 Å². The molecule has 0 radical (unpaired) electrons. The molecule has 0 bridgehead atoms. The van der Waals surface area contributed by atoms with Gasteiger partial charge >= 0.3 is 0 Å². The van der Waals surface area contributed by atoms with Crippen molar-refractivity contribution in [3.63, 3.8) is 0 Å². The summed E-state index contributed by atoms with van der Waals surface area (Å²) in [5.74, 6) is 0.179. The van der Waals surface area contributed by atoms with Crippen molar-refractivity contribution in [3.05, 3.63) is 65.5 Å². The number of benzene rings is 2. The first kappa shape index (κ1) is 20.7. The van der Waals surface area contributed by atoms with Crippen molar-refractivity contribution in [1.29, 1.82) is 0 Å². The Morgan fingerprint density at radius 2 is 1.91 bits per heavy atom. The quantitative estimate of drug-likeness (QED) is 0.454. The zero-order valence-electron chi connectivity index (χ0n) is 17.4. The van der Waals surface area contributed by atoms with Crippen LogP contribution in [0.5, 0.6) is 5.75 Å². The number of aromatic nitrogens is 1. The molecule has 0 spiro atoms. The van der Waals surface area contributed by atoms with Crippen LogP contribution in [0.2, 0.25) is 0 Å². The Labute approximate surface area is 193 Å². The Morgan fingerprint density at radius 3 is 2.75 bits per heavy atom. The number of fused-ring (bicyclic) bond motifs is 2. The average molecular weight is 464 g/mol. The SMILES string of the molecule is CCCNC(=O)[C@@H]1CN(C(=O)c2ccc(-c3nc4ccccc4s3)s2)c2ccccc2O1. The van der Waals surface area contributed by atoms with E-state index in [2.05, 4.69) is 5.32 Å². The summed E-state index contributed by atoms with van der Waals surface area (Å²) in [6.07, 6.45) is 0.0885. The van der Waals surface area contributed by atoms with Crippen molar-refractivity contribution in [1.82, 2.24) is 10.3 Å². The molecule has 2 aromatic carbocycles. The number of anilines is 1. The minimum absolute atomic E-state index is 0.147. The van der Waals surface area contributed by atoms with Gasteiger partial charge < -0.3 is 10.1 Å². The third kappa shape index (κ3) is 3.87. The van der Waals surface area contributed by atoms with Gasteiger partial charge in [0.2, 0.25) is 0 Å². The summed E-state index contributed by atoms with van der Waals surface area (Å²) in [6.45, 7) is 2.73. The van der Waals surface area contributed by atoms with Gasteiger partial charge in [0.05, 0.1) is 32.2 Å². The molecule has 0 fully saturated rings. The average Bonchev–Trinajstić information content (AvgIpc) is 3.48. The van der Waals surface area contributed by atoms with E-state index in [0.29, 0.717) is 22.9 Å². The number of carbonyl (C=O) groups is 2. The number of ether oxygens (including phenoxy) is 1. The molecule has 1 aliphatic heterocycles. The first-order valence-corrected chi connectivity index (χ1v) is 12.1. The lowest BCUT2D eigenvalue weighted by molar-refractivity contribution is -0.127. The monoisotopic (exact) mass is 463 g/mol. The van der Waals surface area contributed by atoms with Crippen LogP contribution in [-0.2, 0) is 4.79 Å². The maximum Gasteiger partial charge on any atom is 0.268 e. The first-order chi connectivity index (χ1) is 15.6. The van der Waals surface area contributed by atoms with Crippen molar-refractivity contribution in [2.45, 2.75) is 19.4 Å². The summed E-state index contributed by atoms with van der Waals surface area (Å²) >= 11 is 3.03. The molecule has 2 amide bonds. The fourth-order valence-corrected chi connectivity index (χ4v) is 5.58. The smallest absolute Gasteiger partial charge is 0.268 e. The van der Waals surface area contributed by atoms with Crippen LogP contribution in [0, 0.1) is 0 Å². The van der Waals surface area contributed by atoms with Crippen LogP contribution in [0.25, 0.3) is 20.1 Å².